The summed E-state index contributed by atoms with van der Waals surface area (Å²) in [6.07, 6.45) is -0.224. The molecule has 0 fully saturated rings. The zero-order chi connectivity index (χ0) is 17.9. The maximum Gasteiger partial charge on any atom is 0.257 e. The van der Waals surface area contributed by atoms with Crippen LogP contribution in [0.2, 0.25) is 0 Å². The van der Waals surface area contributed by atoms with Crippen LogP contribution < -0.4 is 10.1 Å². The van der Waals surface area contributed by atoms with Crippen molar-refractivity contribution in [3.05, 3.63) is 95.6 Å². The molecule has 0 bridgehead atoms. The Hall–Kier alpha value is -3.27. The van der Waals surface area contributed by atoms with Crippen molar-refractivity contribution >= 4 is 11.6 Å². The van der Waals surface area contributed by atoms with E-state index in [4.69, 9.17) is 4.74 Å². The lowest BCUT2D eigenvalue weighted by Gasteiger charge is -2.35. The number of fused-ring (bicyclic) bond motifs is 1. The molecule has 0 spiro atoms. The Morgan fingerprint density at radius 2 is 1.73 bits per heavy atom. The van der Waals surface area contributed by atoms with Crippen LogP contribution in [0.4, 0.5) is 5.69 Å². The first-order chi connectivity index (χ1) is 12.7. The lowest BCUT2D eigenvalue weighted by Crippen LogP contribution is -2.40. The number of nitrogens with zero attached hydrogens (tertiary/aromatic N) is 1. The normalized spacial score (nSPS) is 16.0. The van der Waals surface area contributed by atoms with Crippen molar-refractivity contribution in [1.82, 2.24) is 4.90 Å². The van der Waals surface area contributed by atoms with E-state index in [-0.39, 0.29) is 12.1 Å². The minimum atomic E-state index is -0.224. The molecule has 130 valence electrons. The highest BCUT2D eigenvalue weighted by Gasteiger charge is 2.30. The van der Waals surface area contributed by atoms with E-state index >= 15 is 0 Å². The van der Waals surface area contributed by atoms with E-state index in [1.54, 1.807) is 4.90 Å². The third-order valence-electron chi connectivity index (χ3n) is 4.58. The molecule has 4 rings (SSSR count). The number of nitrogens with one attached hydrogen (secondary N) is 1. The summed E-state index contributed by atoms with van der Waals surface area (Å²) in [6.45, 7) is 0.514. The van der Waals surface area contributed by atoms with Gasteiger partial charge >= 0.3 is 0 Å². The molecule has 1 aliphatic heterocycles. The van der Waals surface area contributed by atoms with Gasteiger partial charge in [0.15, 0.2) is 0 Å². The molecule has 0 aliphatic carbocycles. The second kappa shape index (κ2) is 6.92. The number of hydrogen-bond donors (Lipinski definition) is 1. The summed E-state index contributed by atoms with van der Waals surface area (Å²) >= 11 is 0. The second-order valence-electron chi connectivity index (χ2n) is 6.36. The van der Waals surface area contributed by atoms with Gasteiger partial charge in [-0.05, 0) is 35.4 Å². The van der Waals surface area contributed by atoms with Crippen LogP contribution in [0.1, 0.15) is 27.7 Å². The van der Waals surface area contributed by atoms with Gasteiger partial charge in [0.25, 0.3) is 5.91 Å². The average Bonchev–Trinajstić information content (AvgIpc) is 2.70. The minimum Gasteiger partial charge on any atom is -0.489 e. The number of para-hydroxylation sites is 1. The lowest BCUT2D eigenvalue weighted by molar-refractivity contribution is 0.0735. The Balaban J connectivity index is 1.56. The van der Waals surface area contributed by atoms with E-state index in [1.807, 2.05) is 85.9 Å². The Kier molecular flexibility index (Phi) is 4.32. The van der Waals surface area contributed by atoms with Crippen molar-refractivity contribution in [2.24, 2.45) is 0 Å². The molecule has 0 saturated carbocycles. The SMILES string of the molecule is CN1C(=O)c2ccccc2NC1c1cccc(OCc2ccccc2)c1. The first-order valence-corrected chi connectivity index (χ1v) is 8.62. The van der Waals surface area contributed by atoms with Gasteiger partial charge in [-0.3, -0.25) is 4.79 Å². The number of amides is 1. The minimum absolute atomic E-state index is 0.0138. The molecule has 3 aromatic carbocycles. The summed E-state index contributed by atoms with van der Waals surface area (Å²) in [5, 5.41) is 3.44. The van der Waals surface area contributed by atoms with Gasteiger partial charge in [0.2, 0.25) is 0 Å². The average molecular weight is 344 g/mol. The van der Waals surface area contributed by atoms with E-state index in [9.17, 15) is 4.79 Å². The molecule has 1 unspecified atom stereocenters. The van der Waals surface area contributed by atoms with E-state index in [0.29, 0.717) is 12.2 Å². The molecule has 4 heteroatoms. The molecular formula is C22H20N2O2. The molecule has 0 aromatic heterocycles. The highest BCUT2D eigenvalue weighted by Crippen LogP contribution is 2.33. The molecule has 1 N–H and O–H groups in total. The van der Waals surface area contributed by atoms with Crippen LogP contribution in [0, 0.1) is 0 Å². The number of hydrogen-bond acceptors (Lipinski definition) is 3. The van der Waals surface area contributed by atoms with Crippen molar-refractivity contribution in [2.45, 2.75) is 12.8 Å². The smallest absolute Gasteiger partial charge is 0.257 e. The summed E-state index contributed by atoms with van der Waals surface area (Å²) in [6, 6.07) is 25.5. The number of carbonyl (C=O) groups excluding carboxylic acids is 1. The molecule has 1 atom stereocenters. The monoisotopic (exact) mass is 344 g/mol. The van der Waals surface area contributed by atoms with Crippen LogP contribution in [0.3, 0.4) is 0 Å². The van der Waals surface area contributed by atoms with Crippen LogP contribution >= 0.6 is 0 Å². The zero-order valence-electron chi connectivity index (χ0n) is 14.6. The van der Waals surface area contributed by atoms with Crippen molar-refractivity contribution in [3.8, 4) is 5.75 Å². The Bertz CT molecular complexity index is 924. The summed E-state index contributed by atoms with van der Waals surface area (Å²) in [5.74, 6) is 0.799. The van der Waals surface area contributed by atoms with Gasteiger partial charge in [-0.2, -0.15) is 0 Å². The molecule has 4 nitrogen and oxygen atoms in total. The number of carbonyl (C=O) groups is 1. The Morgan fingerprint density at radius 3 is 2.58 bits per heavy atom. The summed E-state index contributed by atoms with van der Waals surface area (Å²) in [4.78, 5) is 14.4. The van der Waals surface area contributed by atoms with Gasteiger partial charge in [0, 0.05) is 12.7 Å². The maximum atomic E-state index is 12.7. The Morgan fingerprint density at radius 1 is 0.962 bits per heavy atom. The van der Waals surface area contributed by atoms with Gasteiger partial charge < -0.3 is 15.0 Å². The van der Waals surface area contributed by atoms with Crippen LogP contribution in [0.15, 0.2) is 78.9 Å². The third-order valence-corrected chi connectivity index (χ3v) is 4.58. The van der Waals surface area contributed by atoms with Crippen LogP contribution in [-0.4, -0.2) is 17.9 Å². The fraction of sp³-hybridized carbons (Fsp3) is 0.136. The number of anilines is 1. The fourth-order valence-electron chi connectivity index (χ4n) is 3.17. The molecule has 0 saturated heterocycles. The van der Waals surface area contributed by atoms with E-state index in [1.165, 1.54) is 0 Å². The summed E-state index contributed by atoms with van der Waals surface area (Å²) in [7, 11) is 1.81. The van der Waals surface area contributed by atoms with Crippen LogP contribution in [0.25, 0.3) is 0 Å². The molecule has 26 heavy (non-hydrogen) atoms. The van der Waals surface area contributed by atoms with E-state index in [0.717, 1.165) is 22.6 Å². The van der Waals surface area contributed by atoms with Crippen LogP contribution in [0.5, 0.6) is 5.75 Å². The first kappa shape index (κ1) is 16.2. The highest BCUT2D eigenvalue weighted by atomic mass is 16.5. The fourth-order valence-corrected chi connectivity index (χ4v) is 3.17. The molecule has 1 amide bonds. The number of rotatable bonds is 4. The first-order valence-electron chi connectivity index (χ1n) is 8.62. The van der Waals surface area contributed by atoms with Crippen molar-refractivity contribution in [3.63, 3.8) is 0 Å². The van der Waals surface area contributed by atoms with Gasteiger partial charge in [-0.1, -0.05) is 54.6 Å². The second-order valence-corrected chi connectivity index (χ2v) is 6.36. The Labute approximate surface area is 153 Å². The lowest BCUT2D eigenvalue weighted by atomic mass is 10.0. The number of benzene rings is 3. The third kappa shape index (κ3) is 3.14. The molecular weight excluding hydrogens is 324 g/mol. The van der Waals surface area contributed by atoms with Gasteiger partial charge in [0.05, 0.1) is 5.56 Å². The van der Waals surface area contributed by atoms with E-state index < -0.39 is 0 Å². The highest BCUT2D eigenvalue weighted by molar-refractivity contribution is 6.01. The van der Waals surface area contributed by atoms with Crippen molar-refractivity contribution in [1.29, 1.82) is 0 Å². The van der Waals surface area contributed by atoms with Gasteiger partial charge in [-0.15, -0.1) is 0 Å². The zero-order valence-corrected chi connectivity index (χ0v) is 14.6. The van der Waals surface area contributed by atoms with E-state index in [2.05, 4.69) is 5.32 Å². The van der Waals surface area contributed by atoms with Crippen molar-refractivity contribution < 1.29 is 9.53 Å². The quantitative estimate of drug-likeness (QED) is 0.760. The molecule has 1 aliphatic rings. The van der Waals surface area contributed by atoms with Gasteiger partial charge in [0.1, 0.15) is 18.5 Å². The molecule has 1 heterocycles. The summed E-state index contributed by atoms with van der Waals surface area (Å²) < 4.78 is 5.92. The molecule has 0 radical (unpaired) electrons. The standard InChI is InChI=1S/C22H20N2O2/c1-24-21(23-20-13-6-5-12-19(20)22(24)25)17-10-7-11-18(14-17)26-15-16-8-3-2-4-9-16/h2-14,21,23H,15H2,1H3. The topological polar surface area (TPSA) is 41.6 Å². The predicted molar refractivity (Wildman–Crippen MR) is 102 cm³/mol. The summed E-state index contributed by atoms with van der Waals surface area (Å²) in [5.41, 5.74) is 3.66. The maximum absolute atomic E-state index is 12.7. The van der Waals surface area contributed by atoms with Crippen LogP contribution in [-0.2, 0) is 6.61 Å². The molecule has 3 aromatic rings. The largest absolute Gasteiger partial charge is 0.489 e. The number of ether oxygens (including phenoxy) is 1. The van der Waals surface area contributed by atoms with Gasteiger partial charge in [-0.25, -0.2) is 0 Å². The predicted octanol–water partition coefficient (Wildman–Crippen LogP) is 4.46. The van der Waals surface area contributed by atoms with Crippen molar-refractivity contribution in [2.75, 3.05) is 12.4 Å².